The molecule has 172 valence electrons. The topological polar surface area (TPSA) is 75.1 Å². The fourth-order valence-electron chi connectivity index (χ4n) is 2.86. The molecule has 0 fully saturated rings. The number of nitrogens with one attached hydrogen (secondary N) is 2. The first kappa shape index (κ1) is 27.1. The maximum absolute atomic E-state index is 13.8. The second kappa shape index (κ2) is 14.2. The number of rotatable bonds is 10. The predicted octanol–water partition coefficient (Wildman–Crippen LogP) is 4.17. The molecule has 0 spiro atoms. The van der Waals surface area contributed by atoms with Crippen molar-refractivity contribution in [2.45, 2.75) is 46.1 Å². The van der Waals surface area contributed by atoms with Crippen molar-refractivity contribution in [1.82, 2.24) is 10.6 Å². The number of aliphatic imine (C=N–C) groups is 1. The number of methoxy groups -OCH3 is 1. The molecule has 1 atom stereocenters. The van der Waals surface area contributed by atoms with Gasteiger partial charge in [-0.05, 0) is 56.2 Å². The van der Waals surface area contributed by atoms with E-state index in [-0.39, 0.29) is 42.5 Å². The van der Waals surface area contributed by atoms with Crippen molar-refractivity contribution in [3.05, 3.63) is 65.0 Å². The Labute approximate surface area is 201 Å². The molecule has 0 bridgehead atoms. The smallest absolute Gasteiger partial charge is 0.191 e. The van der Waals surface area contributed by atoms with Crippen molar-refractivity contribution >= 4 is 29.9 Å². The summed E-state index contributed by atoms with van der Waals surface area (Å²) >= 11 is 0. The quantitative estimate of drug-likeness (QED) is 0.238. The number of halogens is 2. The Kier molecular flexibility index (Phi) is 12.4. The van der Waals surface area contributed by atoms with E-state index >= 15 is 0 Å². The minimum absolute atomic E-state index is 0. The fourth-order valence-corrected chi connectivity index (χ4v) is 2.86. The Bertz CT molecular complexity index is 816. The van der Waals surface area contributed by atoms with Crippen LogP contribution >= 0.6 is 24.0 Å². The number of nitrogens with zero attached hydrogens (tertiary/aromatic N) is 1. The predicted molar refractivity (Wildman–Crippen MR) is 133 cm³/mol. The van der Waals surface area contributed by atoms with Gasteiger partial charge in [0, 0.05) is 25.8 Å². The second-order valence-corrected chi connectivity index (χ2v) is 7.19. The van der Waals surface area contributed by atoms with Crippen LogP contribution in [0.3, 0.4) is 0 Å². The Morgan fingerprint density at radius 3 is 2.45 bits per heavy atom. The van der Waals surface area contributed by atoms with Crippen LogP contribution < -0.4 is 15.4 Å². The van der Waals surface area contributed by atoms with Gasteiger partial charge in [-0.1, -0.05) is 18.2 Å². The van der Waals surface area contributed by atoms with E-state index in [4.69, 9.17) is 9.47 Å². The van der Waals surface area contributed by atoms with Crippen molar-refractivity contribution < 1.29 is 19.0 Å². The molecule has 6 nitrogen and oxygen atoms in total. The van der Waals surface area contributed by atoms with Crippen molar-refractivity contribution in [2.24, 2.45) is 4.99 Å². The fraction of sp³-hybridized carbons (Fsp3) is 0.435. The van der Waals surface area contributed by atoms with E-state index in [0.29, 0.717) is 31.2 Å². The molecule has 0 aromatic heterocycles. The second-order valence-electron chi connectivity index (χ2n) is 7.19. The molecule has 0 saturated carbocycles. The highest BCUT2D eigenvalue weighted by molar-refractivity contribution is 14.0. The summed E-state index contributed by atoms with van der Waals surface area (Å²) in [6.07, 6.45) is -0.589. The minimum atomic E-state index is -0.693. The molecule has 0 aliphatic carbocycles. The average molecular weight is 545 g/mol. The van der Waals surface area contributed by atoms with Gasteiger partial charge in [0.15, 0.2) is 5.96 Å². The molecule has 0 aliphatic heterocycles. The lowest BCUT2D eigenvalue weighted by atomic mass is 10.1. The molecule has 8 heteroatoms. The summed E-state index contributed by atoms with van der Waals surface area (Å²) in [5.41, 5.74) is 2.17. The van der Waals surface area contributed by atoms with Crippen LogP contribution in [0.25, 0.3) is 0 Å². The van der Waals surface area contributed by atoms with Gasteiger partial charge in [0.05, 0.1) is 25.4 Å². The Morgan fingerprint density at radius 2 is 1.84 bits per heavy atom. The minimum Gasteiger partial charge on any atom is -0.491 e. The molecular weight excluding hydrogens is 512 g/mol. The van der Waals surface area contributed by atoms with E-state index in [1.807, 2.05) is 45.0 Å². The first-order valence-electron chi connectivity index (χ1n) is 10.2. The van der Waals surface area contributed by atoms with Gasteiger partial charge in [0.1, 0.15) is 11.6 Å². The molecular formula is C23H33FIN3O3. The van der Waals surface area contributed by atoms with Crippen LogP contribution in [0.2, 0.25) is 0 Å². The highest BCUT2D eigenvalue weighted by Crippen LogP contribution is 2.18. The van der Waals surface area contributed by atoms with Crippen LogP contribution in [0, 0.1) is 5.82 Å². The van der Waals surface area contributed by atoms with Crippen LogP contribution in [-0.4, -0.2) is 37.4 Å². The van der Waals surface area contributed by atoms with E-state index in [1.165, 1.54) is 13.2 Å². The normalized spacial score (nSPS) is 12.3. The molecule has 0 heterocycles. The SMILES string of the molecule is CCNC(=NCc1ccc(F)c(COC)c1)NCC(O)c1ccc(OC(C)C)cc1.I. The standard InChI is InChI=1S/C23H32FN3O3.HI/c1-5-25-23(26-13-17-6-11-21(24)19(12-17)15-29-4)27-14-22(28)18-7-9-20(10-8-18)30-16(2)3;/h6-12,16,22,28H,5,13-15H2,1-4H3,(H2,25,26,27);1H. The molecule has 1 unspecified atom stereocenters. The van der Waals surface area contributed by atoms with Crippen molar-refractivity contribution in [3.8, 4) is 5.75 Å². The zero-order valence-electron chi connectivity index (χ0n) is 18.5. The summed E-state index contributed by atoms with van der Waals surface area (Å²) in [6, 6.07) is 12.3. The summed E-state index contributed by atoms with van der Waals surface area (Å²) in [4.78, 5) is 4.53. The molecule has 2 aromatic carbocycles. The zero-order valence-corrected chi connectivity index (χ0v) is 20.9. The largest absolute Gasteiger partial charge is 0.491 e. The van der Waals surface area contributed by atoms with Gasteiger partial charge >= 0.3 is 0 Å². The molecule has 3 N–H and O–H groups in total. The molecule has 2 aromatic rings. The molecule has 31 heavy (non-hydrogen) atoms. The number of hydrogen-bond acceptors (Lipinski definition) is 4. The summed E-state index contributed by atoms with van der Waals surface area (Å²) in [7, 11) is 1.54. The molecule has 0 radical (unpaired) electrons. The van der Waals surface area contributed by atoms with Gasteiger partial charge in [0.2, 0.25) is 0 Å². The molecule has 0 aliphatic rings. The highest BCUT2D eigenvalue weighted by atomic mass is 127. The van der Waals surface area contributed by atoms with E-state index < -0.39 is 6.10 Å². The molecule has 0 saturated heterocycles. The third-order valence-corrected chi connectivity index (χ3v) is 4.27. The summed E-state index contributed by atoms with van der Waals surface area (Å²) in [5.74, 6) is 1.06. The Morgan fingerprint density at radius 1 is 1.13 bits per heavy atom. The van der Waals surface area contributed by atoms with Crippen LogP contribution in [0.1, 0.15) is 43.6 Å². The first-order chi connectivity index (χ1) is 14.4. The number of ether oxygens (including phenoxy) is 2. The van der Waals surface area contributed by atoms with E-state index in [0.717, 1.165) is 16.9 Å². The van der Waals surface area contributed by atoms with Crippen LogP contribution in [0.5, 0.6) is 5.75 Å². The van der Waals surface area contributed by atoms with Crippen molar-refractivity contribution in [1.29, 1.82) is 0 Å². The van der Waals surface area contributed by atoms with Crippen LogP contribution in [-0.2, 0) is 17.9 Å². The summed E-state index contributed by atoms with van der Waals surface area (Å²) in [6.45, 7) is 7.49. The number of aliphatic hydroxyl groups is 1. The third-order valence-electron chi connectivity index (χ3n) is 4.27. The number of hydrogen-bond donors (Lipinski definition) is 3. The average Bonchev–Trinajstić information content (AvgIpc) is 2.72. The lowest BCUT2D eigenvalue weighted by Gasteiger charge is -2.16. The van der Waals surface area contributed by atoms with Crippen molar-refractivity contribution in [3.63, 3.8) is 0 Å². The number of guanidine groups is 1. The maximum Gasteiger partial charge on any atom is 0.191 e. The molecule has 2 rings (SSSR count). The Hall–Kier alpha value is -1.91. The van der Waals surface area contributed by atoms with E-state index in [9.17, 15) is 9.50 Å². The first-order valence-corrected chi connectivity index (χ1v) is 10.2. The lowest BCUT2D eigenvalue weighted by Crippen LogP contribution is -2.39. The number of aliphatic hydroxyl groups excluding tert-OH is 1. The van der Waals surface area contributed by atoms with E-state index in [2.05, 4.69) is 15.6 Å². The molecule has 0 amide bonds. The van der Waals surface area contributed by atoms with Gasteiger partial charge in [0.25, 0.3) is 0 Å². The van der Waals surface area contributed by atoms with E-state index in [1.54, 1.807) is 12.1 Å². The van der Waals surface area contributed by atoms with Gasteiger partial charge in [-0.2, -0.15) is 0 Å². The Balaban J connectivity index is 0.00000480. The van der Waals surface area contributed by atoms with Gasteiger partial charge < -0.3 is 25.2 Å². The van der Waals surface area contributed by atoms with Gasteiger partial charge in [-0.25, -0.2) is 9.38 Å². The zero-order chi connectivity index (χ0) is 21.9. The number of benzene rings is 2. The van der Waals surface area contributed by atoms with Gasteiger partial charge in [-0.3, -0.25) is 0 Å². The summed E-state index contributed by atoms with van der Waals surface area (Å²) in [5, 5.41) is 16.8. The maximum atomic E-state index is 13.8. The summed E-state index contributed by atoms with van der Waals surface area (Å²) < 4.78 is 24.4. The lowest BCUT2D eigenvalue weighted by molar-refractivity contribution is 0.180. The van der Waals surface area contributed by atoms with Gasteiger partial charge in [-0.15, -0.1) is 24.0 Å². The van der Waals surface area contributed by atoms with Crippen molar-refractivity contribution in [2.75, 3.05) is 20.2 Å². The highest BCUT2D eigenvalue weighted by Gasteiger charge is 2.10. The van der Waals surface area contributed by atoms with Crippen LogP contribution in [0.4, 0.5) is 4.39 Å². The van der Waals surface area contributed by atoms with Crippen LogP contribution in [0.15, 0.2) is 47.5 Å². The third kappa shape index (κ3) is 9.40. The monoisotopic (exact) mass is 545 g/mol.